The Morgan fingerprint density at radius 2 is 1.92 bits per heavy atom. The van der Waals surface area contributed by atoms with Crippen LogP contribution in [0.5, 0.6) is 11.5 Å². The van der Waals surface area contributed by atoms with E-state index < -0.39 is 0 Å². The second kappa shape index (κ2) is 9.08. The second-order valence-corrected chi connectivity index (χ2v) is 5.82. The predicted octanol–water partition coefficient (Wildman–Crippen LogP) is 3.55. The lowest BCUT2D eigenvalue weighted by Crippen LogP contribution is -2.24. The van der Waals surface area contributed by atoms with Crippen molar-refractivity contribution in [2.24, 2.45) is 5.10 Å². The van der Waals surface area contributed by atoms with E-state index in [2.05, 4.69) is 33.4 Å². The van der Waals surface area contributed by atoms with Crippen molar-refractivity contribution in [3.8, 4) is 11.5 Å². The van der Waals surface area contributed by atoms with Crippen molar-refractivity contribution in [3.05, 3.63) is 58.1 Å². The van der Waals surface area contributed by atoms with Gasteiger partial charge in [-0.3, -0.25) is 4.79 Å². The molecule has 0 atom stereocenters. The standard InChI is InChI=1S/C18H19BrN2O3/c1-3-13-4-6-15(7-5-13)24-12-18(22)21-20-11-14-10-16(23-2)8-9-17(14)19/h4-11H,3,12H2,1-2H3,(H,21,22)/b20-11+. The summed E-state index contributed by atoms with van der Waals surface area (Å²) >= 11 is 3.42. The SMILES string of the molecule is CCc1ccc(OCC(=O)N/N=C/c2cc(OC)ccc2Br)cc1. The minimum Gasteiger partial charge on any atom is -0.497 e. The highest BCUT2D eigenvalue weighted by Gasteiger charge is 2.03. The molecule has 1 amide bonds. The van der Waals surface area contributed by atoms with E-state index in [0.717, 1.165) is 16.5 Å². The summed E-state index contributed by atoms with van der Waals surface area (Å²) in [5.41, 5.74) is 4.45. The predicted molar refractivity (Wildman–Crippen MR) is 97.7 cm³/mol. The zero-order chi connectivity index (χ0) is 17.4. The number of rotatable bonds is 7. The van der Waals surface area contributed by atoms with Crippen molar-refractivity contribution in [2.75, 3.05) is 13.7 Å². The van der Waals surface area contributed by atoms with Gasteiger partial charge in [-0.15, -0.1) is 0 Å². The zero-order valence-electron chi connectivity index (χ0n) is 13.6. The second-order valence-electron chi connectivity index (χ2n) is 4.97. The summed E-state index contributed by atoms with van der Waals surface area (Å²) in [7, 11) is 1.59. The van der Waals surface area contributed by atoms with Crippen LogP contribution in [0.4, 0.5) is 0 Å². The lowest BCUT2D eigenvalue weighted by Gasteiger charge is -2.06. The third-order valence-corrected chi connectivity index (χ3v) is 4.02. The van der Waals surface area contributed by atoms with E-state index in [1.165, 1.54) is 5.56 Å². The fourth-order valence-electron chi connectivity index (χ4n) is 1.92. The van der Waals surface area contributed by atoms with E-state index in [0.29, 0.717) is 11.5 Å². The monoisotopic (exact) mass is 390 g/mol. The number of halogens is 1. The number of amides is 1. The number of hydrazone groups is 1. The molecule has 0 aliphatic heterocycles. The van der Waals surface area contributed by atoms with Crippen molar-refractivity contribution < 1.29 is 14.3 Å². The molecule has 0 unspecified atom stereocenters. The van der Waals surface area contributed by atoms with Crippen LogP contribution in [-0.2, 0) is 11.2 Å². The maximum Gasteiger partial charge on any atom is 0.277 e. The number of hydrogen-bond acceptors (Lipinski definition) is 4. The van der Waals surface area contributed by atoms with E-state index in [4.69, 9.17) is 9.47 Å². The van der Waals surface area contributed by atoms with Crippen molar-refractivity contribution in [2.45, 2.75) is 13.3 Å². The molecule has 0 heterocycles. The first-order valence-corrected chi connectivity index (χ1v) is 8.29. The van der Waals surface area contributed by atoms with Gasteiger partial charge in [0.2, 0.25) is 0 Å². The van der Waals surface area contributed by atoms with Crippen LogP contribution in [0.15, 0.2) is 52.0 Å². The smallest absolute Gasteiger partial charge is 0.277 e. The highest BCUT2D eigenvalue weighted by Crippen LogP contribution is 2.20. The fourth-order valence-corrected chi connectivity index (χ4v) is 2.27. The van der Waals surface area contributed by atoms with Crippen LogP contribution in [0, 0.1) is 0 Å². The van der Waals surface area contributed by atoms with E-state index in [1.807, 2.05) is 42.5 Å². The lowest BCUT2D eigenvalue weighted by atomic mass is 10.2. The van der Waals surface area contributed by atoms with Crippen LogP contribution in [0.25, 0.3) is 0 Å². The molecule has 0 fully saturated rings. The van der Waals surface area contributed by atoms with Crippen LogP contribution in [-0.4, -0.2) is 25.8 Å². The van der Waals surface area contributed by atoms with Gasteiger partial charge < -0.3 is 9.47 Å². The minimum atomic E-state index is -0.329. The Labute approximate surface area is 149 Å². The van der Waals surface area contributed by atoms with Gasteiger partial charge in [-0.2, -0.15) is 5.10 Å². The number of nitrogens with one attached hydrogen (secondary N) is 1. The van der Waals surface area contributed by atoms with Gasteiger partial charge in [0.25, 0.3) is 5.91 Å². The number of ether oxygens (including phenoxy) is 2. The highest BCUT2D eigenvalue weighted by molar-refractivity contribution is 9.10. The summed E-state index contributed by atoms with van der Waals surface area (Å²) in [4.78, 5) is 11.8. The first kappa shape index (κ1) is 18.0. The topological polar surface area (TPSA) is 59.9 Å². The maximum atomic E-state index is 11.8. The molecule has 2 aromatic rings. The molecule has 0 radical (unpaired) electrons. The Morgan fingerprint density at radius 1 is 1.21 bits per heavy atom. The van der Waals surface area contributed by atoms with Crippen molar-refractivity contribution in [1.29, 1.82) is 0 Å². The summed E-state index contributed by atoms with van der Waals surface area (Å²) in [6.45, 7) is 1.99. The summed E-state index contributed by atoms with van der Waals surface area (Å²) in [5.74, 6) is 1.04. The molecule has 2 aromatic carbocycles. The number of nitrogens with zero attached hydrogens (tertiary/aromatic N) is 1. The van der Waals surface area contributed by atoms with Gasteiger partial charge in [0.15, 0.2) is 6.61 Å². The van der Waals surface area contributed by atoms with E-state index in [-0.39, 0.29) is 12.5 Å². The number of methoxy groups -OCH3 is 1. The van der Waals surface area contributed by atoms with Gasteiger partial charge in [0.1, 0.15) is 11.5 Å². The largest absolute Gasteiger partial charge is 0.497 e. The summed E-state index contributed by atoms with van der Waals surface area (Å²) in [6, 6.07) is 13.1. The Morgan fingerprint density at radius 3 is 2.58 bits per heavy atom. The Hall–Kier alpha value is -2.34. The van der Waals surface area contributed by atoms with Crippen molar-refractivity contribution in [3.63, 3.8) is 0 Å². The Kier molecular flexibility index (Phi) is 6.81. The minimum absolute atomic E-state index is 0.0951. The number of hydrogen-bond donors (Lipinski definition) is 1. The molecular weight excluding hydrogens is 372 g/mol. The molecule has 0 aliphatic carbocycles. The Bertz CT molecular complexity index is 715. The van der Waals surface area contributed by atoms with Crippen LogP contribution in [0.2, 0.25) is 0 Å². The number of benzene rings is 2. The van der Waals surface area contributed by atoms with Gasteiger partial charge in [0, 0.05) is 10.0 Å². The van der Waals surface area contributed by atoms with Crippen LogP contribution < -0.4 is 14.9 Å². The van der Waals surface area contributed by atoms with Gasteiger partial charge in [-0.05, 0) is 42.3 Å². The third-order valence-electron chi connectivity index (χ3n) is 3.30. The summed E-state index contributed by atoms with van der Waals surface area (Å²) in [5, 5.41) is 3.93. The molecule has 2 rings (SSSR count). The zero-order valence-corrected chi connectivity index (χ0v) is 15.2. The molecule has 0 aliphatic rings. The maximum absolute atomic E-state index is 11.8. The van der Waals surface area contributed by atoms with Crippen LogP contribution >= 0.6 is 15.9 Å². The van der Waals surface area contributed by atoms with Gasteiger partial charge >= 0.3 is 0 Å². The van der Waals surface area contributed by atoms with Crippen LogP contribution in [0.3, 0.4) is 0 Å². The average molecular weight is 391 g/mol. The van der Waals surface area contributed by atoms with Crippen LogP contribution in [0.1, 0.15) is 18.1 Å². The Balaban J connectivity index is 1.84. The van der Waals surface area contributed by atoms with E-state index >= 15 is 0 Å². The van der Waals surface area contributed by atoms with E-state index in [9.17, 15) is 4.79 Å². The number of carbonyl (C=O) groups is 1. The lowest BCUT2D eigenvalue weighted by molar-refractivity contribution is -0.123. The number of carbonyl (C=O) groups excluding carboxylic acids is 1. The van der Waals surface area contributed by atoms with Gasteiger partial charge in [-0.25, -0.2) is 5.43 Å². The quantitative estimate of drug-likeness (QED) is 0.580. The van der Waals surface area contributed by atoms with Crippen molar-refractivity contribution in [1.82, 2.24) is 5.43 Å². The molecule has 1 N–H and O–H groups in total. The molecule has 6 heteroatoms. The molecule has 0 spiro atoms. The summed E-state index contributed by atoms with van der Waals surface area (Å²) in [6.07, 6.45) is 2.51. The molecule has 126 valence electrons. The van der Waals surface area contributed by atoms with Gasteiger partial charge in [0.05, 0.1) is 13.3 Å². The number of aryl methyl sites for hydroxylation is 1. The van der Waals surface area contributed by atoms with E-state index in [1.54, 1.807) is 13.3 Å². The molecule has 5 nitrogen and oxygen atoms in total. The highest BCUT2D eigenvalue weighted by atomic mass is 79.9. The fraction of sp³-hybridized carbons (Fsp3) is 0.222. The first-order valence-electron chi connectivity index (χ1n) is 7.49. The van der Waals surface area contributed by atoms with Crippen molar-refractivity contribution >= 4 is 28.1 Å². The first-order chi connectivity index (χ1) is 11.6. The molecular formula is C18H19BrN2O3. The normalized spacial score (nSPS) is 10.6. The molecule has 0 saturated heterocycles. The molecule has 0 bridgehead atoms. The molecule has 0 aromatic heterocycles. The third kappa shape index (κ3) is 5.38. The molecule has 24 heavy (non-hydrogen) atoms. The molecule has 0 saturated carbocycles. The average Bonchev–Trinajstić information content (AvgIpc) is 2.62. The van der Waals surface area contributed by atoms with Gasteiger partial charge in [-0.1, -0.05) is 35.0 Å². The summed E-state index contributed by atoms with van der Waals surface area (Å²) < 4.78 is 11.4.